The lowest BCUT2D eigenvalue weighted by Crippen LogP contribution is -2.26. The lowest BCUT2D eigenvalue weighted by Gasteiger charge is -2.24. The summed E-state index contributed by atoms with van der Waals surface area (Å²) in [5.74, 6) is 0.639. The smallest absolute Gasteiger partial charge is 0.273 e. The van der Waals surface area contributed by atoms with Crippen LogP contribution in [-0.2, 0) is 0 Å². The number of hydrogen-bond donors (Lipinski definition) is 1. The number of aryl methyl sites for hydroxylation is 1. The summed E-state index contributed by atoms with van der Waals surface area (Å²) in [6, 6.07) is 3.92. The average Bonchev–Trinajstić information content (AvgIpc) is 2.58. The molecule has 0 spiro atoms. The Bertz CT molecular complexity index is 505. The average molecular weight is 341 g/mol. The molecule has 1 aromatic rings. The molecule has 5 heteroatoms. The lowest BCUT2D eigenvalue weighted by molar-refractivity contribution is -0.385. The Labute approximate surface area is 128 Å². The number of halogens is 1. The van der Waals surface area contributed by atoms with E-state index in [0.29, 0.717) is 17.5 Å². The Hall–Kier alpha value is -1.10. The van der Waals surface area contributed by atoms with E-state index in [1.54, 1.807) is 13.0 Å². The summed E-state index contributed by atoms with van der Waals surface area (Å²) < 4.78 is 0.770. The molecule has 1 fully saturated rings. The van der Waals surface area contributed by atoms with E-state index in [0.717, 1.165) is 10.2 Å². The second-order valence-corrected chi connectivity index (χ2v) is 6.60. The van der Waals surface area contributed by atoms with Crippen LogP contribution in [0.5, 0.6) is 0 Å². The van der Waals surface area contributed by atoms with Crippen LogP contribution in [0.1, 0.15) is 44.6 Å². The zero-order valence-corrected chi connectivity index (χ0v) is 13.6. The molecule has 1 saturated carbocycles. The summed E-state index contributed by atoms with van der Waals surface area (Å²) in [6.45, 7) is 4.07. The lowest BCUT2D eigenvalue weighted by atomic mass is 9.96. The van der Waals surface area contributed by atoms with Crippen molar-refractivity contribution < 1.29 is 4.92 Å². The minimum atomic E-state index is -0.335. The number of nitro groups is 1. The molecule has 0 saturated heterocycles. The van der Waals surface area contributed by atoms with E-state index in [1.807, 2.05) is 6.07 Å². The third-order valence-corrected chi connectivity index (χ3v) is 4.84. The molecule has 1 N–H and O–H groups in total. The monoisotopic (exact) mass is 340 g/mol. The van der Waals surface area contributed by atoms with Gasteiger partial charge < -0.3 is 5.32 Å². The summed E-state index contributed by atoms with van der Waals surface area (Å²) >= 11 is 3.45. The Morgan fingerprint density at radius 1 is 1.30 bits per heavy atom. The van der Waals surface area contributed by atoms with E-state index in [1.165, 1.54) is 32.1 Å². The fraction of sp³-hybridized carbons (Fsp3) is 0.600. The molecule has 0 amide bonds. The highest BCUT2D eigenvalue weighted by molar-refractivity contribution is 9.10. The summed E-state index contributed by atoms with van der Waals surface area (Å²) in [4.78, 5) is 10.6. The van der Waals surface area contributed by atoms with Gasteiger partial charge >= 0.3 is 0 Å². The van der Waals surface area contributed by atoms with E-state index in [-0.39, 0.29) is 10.6 Å². The van der Waals surface area contributed by atoms with Crippen molar-refractivity contribution in [3.05, 3.63) is 32.3 Å². The van der Waals surface area contributed by atoms with Gasteiger partial charge in [-0.15, -0.1) is 0 Å². The highest BCUT2D eigenvalue weighted by atomic mass is 79.9. The molecule has 1 aromatic carbocycles. The van der Waals surface area contributed by atoms with Crippen molar-refractivity contribution in [2.75, 3.05) is 5.32 Å². The van der Waals surface area contributed by atoms with Gasteiger partial charge in [0.1, 0.15) is 0 Å². The maximum atomic E-state index is 10.9. The fourth-order valence-corrected chi connectivity index (χ4v) is 3.33. The van der Waals surface area contributed by atoms with Crippen molar-refractivity contribution in [1.29, 1.82) is 0 Å². The van der Waals surface area contributed by atoms with Crippen LogP contribution in [0.15, 0.2) is 16.6 Å². The minimum Gasteiger partial charge on any atom is -0.381 e. The van der Waals surface area contributed by atoms with Gasteiger partial charge in [-0.1, -0.05) is 26.2 Å². The van der Waals surface area contributed by atoms with Gasteiger partial charge in [0.2, 0.25) is 0 Å². The Balaban J connectivity index is 2.20. The second-order valence-electron chi connectivity index (χ2n) is 5.74. The van der Waals surface area contributed by atoms with Crippen LogP contribution in [0.4, 0.5) is 11.4 Å². The molecule has 2 rings (SSSR count). The van der Waals surface area contributed by atoms with Crippen LogP contribution in [0, 0.1) is 23.0 Å². The number of rotatable bonds is 3. The van der Waals surface area contributed by atoms with Gasteiger partial charge in [-0.2, -0.15) is 0 Å². The number of nitrogens with one attached hydrogen (secondary N) is 1. The van der Waals surface area contributed by atoms with Gasteiger partial charge in [-0.05, 0) is 47.7 Å². The molecule has 0 bridgehead atoms. The molecule has 20 heavy (non-hydrogen) atoms. The van der Waals surface area contributed by atoms with Crippen molar-refractivity contribution in [2.24, 2.45) is 5.92 Å². The van der Waals surface area contributed by atoms with Crippen molar-refractivity contribution >= 4 is 27.3 Å². The number of benzene rings is 1. The third-order valence-electron chi connectivity index (χ3n) is 4.18. The van der Waals surface area contributed by atoms with Crippen LogP contribution in [0.2, 0.25) is 0 Å². The van der Waals surface area contributed by atoms with Crippen LogP contribution < -0.4 is 5.32 Å². The third kappa shape index (κ3) is 3.51. The van der Waals surface area contributed by atoms with Crippen molar-refractivity contribution in [3.63, 3.8) is 0 Å². The quantitative estimate of drug-likeness (QED) is 0.476. The molecule has 0 heterocycles. The molecule has 0 aromatic heterocycles. The van der Waals surface area contributed by atoms with Crippen molar-refractivity contribution in [1.82, 2.24) is 0 Å². The SMILES string of the molecule is Cc1cc(NC2CCCCCC2C)c(Br)cc1[N+](=O)[O-]. The highest BCUT2D eigenvalue weighted by Gasteiger charge is 2.21. The van der Waals surface area contributed by atoms with Crippen molar-refractivity contribution in [2.45, 2.75) is 52.0 Å². The Kier molecular flexibility index (Phi) is 5.02. The predicted octanol–water partition coefficient (Wildman–Crippen LogP) is 5.05. The minimum absolute atomic E-state index is 0.163. The standard InChI is InChI=1S/C15H21BrN2O2/c1-10-6-4-3-5-7-13(10)17-14-8-11(2)15(18(19)20)9-12(14)16/h8-10,13,17H,3-7H2,1-2H3. The first-order chi connectivity index (χ1) is 9.49. The van der Waals surface area contributed by atoms with Crippen LogP contribution in [0.25, 0.3) is 0 Å². The number of hydrogen-bond acceptors (Lipinski definition) is 3. The van der Waals surface area contributed by atoms with Gasteiger partial charge in [0.25, 0.3) is 5.69 Å². The molecule has 1 aliphatic rings. The molecule has 2 unspecified atom stereocenters. The highest BCUT2D eigenvalue weighted by Crippen LogP contribution is 2.33. The molecule has 2 atom stereocenters. The molecule has 4 nitrogen and oxygen atoms in total. The maximum absolute atomic E-state index is 10.9. The normalized spacial score (nSPS) is 23.1. The summed E-state index contributed by atoms with van der Waals surface area (Å²) in [5, 5.41) is 14.5. The van der Waals surface area contributed by atoms with Crippen LogP contribution >= 0.6 is 15.9 Å². The van der Waals surface area contributed by atoms with Gasteiger partial charge in [0.05, 0.1) is 4.92 Å². The van der Waals surface area contributed by atoms with E-state index in [4.69, 9.17) is 0 Å². The first-order valence-electron chi connectivity index (χ1n) is 7.20. The number of nitrogens with zero attached hydrogens (tertiary/aromatic N) is 1. The molecule has 110 valence electrons. The largest absolute Gasteiger partial charge is 0.381 e. The Morgan fingerprint density at radius 2 is 2.00 bits per heavy atom. The summed E-state index contributed by atoms with van der Waals surface area (Å²) in [6.07, 6.45) is 6.29. The zero-order chi connectivity index (χ0) is 14.7. The second kappa shape index (κ2) is 6.57. The first-order valence-corrected chi connectivity index (χ1v) is 7.99. The van der Waals surface area contributed by atoms with E-state index < -0.39 is 0 Å². The molecular formula is C15H21BrN2O2. The number of nitro benzene ring substituents is 1. The predicted molar refractivity (Wildman–Crippen MR) is 85.2 cm³/mol. The zero-order valence-electron chi connectivity index (χ0n) is 12.0. The van der Waals surface area contributed by atoms with E-state index in [9.17, 15) is 10.1 Å². The topological polar surface area (TPSA) is 55.2 Å². The number of anilines is 1. The van der Waals surface area contributed by atoms with Crippen LogP contribution in [-0.4, -0.2) is 11.0 Å². The van der Waals surface area contributed by atoms with Gasteiger partial charge in [0, 0.05) is 27.8 Å². The molecule has 1 aliphatic carbocycles. The first kappa shape index (κ1) is 15.3. The van der Waals surface area contributed by atoms with E-state index >= 15 is 0 Å². The van der Waals surface area contributed by atoms with Crippen molar-refractivity contribution in [3.8, 4) is 0 Å². The molecule has 0 aliphatic heterocycles. The molecule has 0 radical (unpaired) electrons. The van der Waals surface area contributed by atoms with Gasteiger partial charge in [0.15, 0.2) is 0 Å². The van der Waals surface area contributed by atoms with E-state index in [2.05, 4.69) is 28.2 Å². The Morgan fingerprint density at radius 3 is 2.70 bits per heavy atom. The summed E-state index contributed by atoms with van der Waals surface area (Å²) in [7, 11) is 0. The van der Waals surface area contributed by atoms with Crippen LogP contribution in [0.3, 0.4) is 0 Å². The summed E-state index contributed by atoms with van der Waals surface area (Å²) in [5.41, 5.74) is 1.82. The van der Waals surface area contributed by atoms with Gasteiger partial charge in [-0.25, -0.2) is 0 Å². The fourth-order valence-electron chi connectivity index (χ4n) is 2.89. The van der Waals surface area contributed by atoms with Gasteiger partial charge in [-0.3, -0.25) is 10.1 Å². The molecular weight excluding hydrogens is 320 g/mol. The maximum Gasteiger partial charge on any atom is 0.273 e.